The quantitative estimate of drug-likeness (QED) is 0.413. The van der Waals surface area contributed by atoms with Gasteiger partial charge in [-0.2, -0.15) is 0 Å². The Balaban J connectivity index is 1.46. The van der Waals surface area contributed by atoms with E-state index < -0.39 is 11.8 Å². The van der Waals surface area contributed by atoms with Crippen LogP contribution in [-0.2, 0) is 0 Å². The summed E-state index contributed by atoms with van der Waals surface area (Å²) in [7, 11) is 0. The zero-order valence-corrected chi connectivity index (χ0v) is 13.7. The molecule has 4 aromatic rings. The second-order valence-electron chi connectivity index (χ2n) is 5.21. The van der Waals surface area contributed by atoms with Crippen molar-refractivity contribution < 1.29 is 9.59 Å². The average molecular weight is 359 g/mol. The molecule has 0 saturated carbocycles. The summed E-state index contributed by atoms with van der Waals surface area (Å²) in [5.41, 5.74) is 6.30. The molecule has 0 atom stereocenters. The zero-order valence-electron chi connectivity index (χ0n) is 12.1. The smallest absolute Gasteiger partial charge is 0.286 e. The van der Waals surface area contributed by atoms with Crippen LogP contribution in [0.3, 0.4) is 0 Å². The second-order valence-corrected chi connectivity index (χ2v) is 6.56. The normalized spacial score (nSPS) is 11.0. The molecule has 0 spiro atoms. The van der Waals surface area contributed by atoms with Crippen molar-refractivity contribution in [1.82, 2.24) is 20.8 Å². The largest absolute Gasteiger partial charge is 0.350 e. The molecule has 4 rings (SSSR count). The van der Waals surface area contributed by atoms with E-state index in [-0.39, 0.29) is 0 Å². The lowest BCUT2D eigenvalue weighted by Crippen LogP contribution is -2.41. The maximum Gasteiger partial charge on any atom is 0.286 e. The number of amides is 2. The van der Waals surface area contributed by atoms with Gasteiger partial charge >= 0.3 is 0 Å². The first-order valence-corrected chi connectivity index (χ1v) is 8.31. The highest BCUT2D eigenvalue weighted by Crippen LogP contribution is 2.21. The number of fused-ring (bicyclic) bond motifs is 2. The van der Waals surface area contributed by atoms with Crippen molar-refractivity contribution in [3.63, 3.8) is 0 Å². The lowest BCUT2D eigenvalue weighted by Gasteiger charge is -2.04. The molecule has 0 aliphatic rings. The van der Waals surface area contributed by atoms with Gasteiger partial charge in [-0.05, 0) is 41.8 Å². The van der Waals surface area contributed by atoms with Gasteiger partial charge < -0.3 is 9.97 Å². The molecule has 0 aliphatic heterocycles. The molecule has 3 heterocycles. The standard InChI is InChI=1S/C16H11ClN4O2S/c17-10-1-2-11-9(5-10)7-12(18-11)14(22)20-21-15(23)13-6-8-3-4-24-16(8)19-13/h1-7,18-19H,(H,20,22)(H,21,23). The van der Waals surface area contributed by atoms with Gasteiger partial charge in [0.25, 0.3) is 11.8 Å². The van der Waals surface area contributed by atoms with Crippen LogP contribution < -0.4 is 10.9 Å². The van der Waals surface area contributed by atoms with Crippen LogP contribution in [0.2, 0.25) is 5.02 Å². The van der Waals surface area contributed by atoms with E-state index in [9.17, 15) is 9.59 Å². The minimum absolute atomic E-state index is 0.333. The number of aromatic nitrogens is 2. The van der Waals surface area contributed by atoms with Gasteiger partial charge in [0.2, 0.25) is 0 Å². The molecule has 8 heteroatoms. The van der Waals surface area contributed by atoms with Crippen LogP contribution in [0, 0.1) is 0 Å². The van der Waals surface area contributed by atoms with Crippen LogP contribution in [0.15, 0.2) is 41.8 Å². The van der Waals surface area contributed by atoms with E-state index in [1.54, 1.807) is 30.3 Å². The average Bonchev–Trinajstić information content (AvgIpc) is 3.24. The van der Waals surface area contributed by atoms with Crippen molar-refractivity contribution in [3.05, 3.63) is 58.2 Å². The minimum Gasteiger partial charge on any atom is -0.350 e. The fourth-order valence-electron chi connectivity index (χ4n) is 2.44. The first-order valence-electron chi connectivity index (χ1n) is 7.05. The lowest BCUT2D eigenvalue weighted by molar-refractivity contribution is 0.0842. The topological polar surface area (TPSA) is 89.8 Å². The Morgan fingerprint density at radius 3 is 2.38 bits per heavy atom. The summed E-state index contributed by atoms with van der Waals surface area (Å²) >= 11 is 7.44. The third-order valence-electron chi connectivity index (χ3n) is 3.61. The number of thiophene rings is 1. The third-order valence-corrected chi connectivity index (χ3v) is 4.69. The summed E-state index contributed by atoms with van der Waals surface area (Å²) in [6.07, 6.45) is 0. The van der Waals surface area contributed by atoms with Gasteiger partial charge in [0, 0.05) is 21.3 Å². The molecule has 6 nitrogen and oxygen atoms in total. The second kappa shape index (κ2) is 5.70. The Kier molecular flexibility index (Phi) is 3.51. The van der Waals surface area contributed by atoms with E-state index in [1.807, 2.05) is 11.4 Å². The number of aromatic amines is 2. The number of hydrogen-bond acceptors (Lipinski definition) is 3. The van der Waals surface area contributed by atoms with E-state index in [0.29, 0.717) is 16.4 Å². The molecule has 24 heavy (non-hydrogen) atoms. The number of carbonyl (C=O) groups excluding carboxylic acids is 2. The summed E-state index contributed by atoms with van der Waals surface area (Å²) in [6, 6.07) is 10.6. The Morgan fingerprint density at radius 2 is 1.62 bits per heavy atom. The molecule has 0 saturated heterocycles. The first kappa shape index (κ1) is 14.8. The summed E-state index contributed by atoms with van der Waals surface area (Å²) in [4.78, 5) is 31.1. The zero-order chi connectivity index (χ0) is 16.7. The maximum atomic E-state index is 12.2. The number of benzene rings is 1. The number of hydrogen-bond donors (Lipinski definition) is 4. The predicted octanol–water partition coefficient (Wildman–Crippen LogP) is 3.44. The Labute approximate surface area is 144 Å². The molecule has 0 unspecified atom stereocenters. The summed E-state index contributed by atoms with van der Waals surface area (Å²) in [5, 5.41) is 4.31. The van der Waals surface area contributed by atoms with Gasteiger partial charge in [-0.3, -0.25) is 20.4 Å². The van der Waals surface area contributed by atoms with Gasteiger partial charge in [0.15, 0.2) is 0 Å². The molecular weight excluding hydrogens is 348 g/mol. The molecule has 0 fully saturated rings. The van der Waals surface area contributed by atoms with E-state index >= 15 is 0 Å². The number of H-pyrrole nitrogens is 2. The van der Waals surface area contributed by atoms with E-state index in [2.05, 4.69) is 20.8 Å². The van der Waals surface area contributed by atoms with Crippen LogP contribution in [0.5, 0.6) is 0 Å². The van der Waals surface area contributed by atoms with Gasteiger partial charge in [-0.15, -0.1) is 11.3 Å². The minimum atomic E-state index is -0.441. The Morgan fingerprint density at radius 1 is 0.917 bits per heavy atom. The lowest BCUT2D eigenvalue weighted by atomic mass is 10.2. The monoisotopic (exact) mass is 358 g/mol. The molecule has 0 bridgehead atoms. The van der Waals surface area contributed by atoms with Crippen LogP contribution in [0.25, 0.3) is 21.1 Å². The van der Waals surface area contributed by atoms with Crippen molar-refractivity contribution in [3.8, 4) is 0 Å². The van der Waals surface area contributed by atoms with Gasteiger partial charge in [0.05, 0.1) is 0 Å². The summed E-state index contributed by atoms with van der Waals surface area (Å²) in [5.74, 6) is -0.852. The van der Waals surface area contributed by atoms with E-state index in [0.717, 1.165) is 21.1 Å². The fraction of sp³-hybridized carbons (Fsp3) is 0. The predicted molar refractivity (Wildman–Crippen MR) is 94.4 cm³/mol. The number of nitrogens with one attached hydrogen (secondary N) is 4. The van der Waals surface area contributed by atoms with Gasteiger partial charge in [0.1, 0.15) is 16.2 Å². The van der Waals surface area contributed by atoms with Crippen LogP contribution >= 0.6 is 22.9 Å². The van der Waals surface area contributed by atoms with E-state index in [4.69, 9.17) is 11.6 Å². The molecule has 0 radical (unpaired) electrons. The molecule has 1 aromatic carbocycles. The van der Waals surface area contributed by atoms with Crippen molar-refractivity contribution in [2.45, 2.75) is 0 Å². The van der Waals surface area contributed by atoms with Crippen molar-refractivity contribution >= 4 is 55.9 Å². The fourth-order valence-corrected chi connectivity index (χ4v) is 3.41. The number of halogens is 1. The maximum absolute atomic E-state index is 12.2. The molecule has 4 N–H and O–H groups in total. The SMILES string of the molecule is O=C(NNC(=O)c1cc2ccsc2[nH]1)c1cc2cc(Cl)ccc2[nH]1. The highest BCUT2D eigenvalue weighted by Gasteiger charge is 2.13. The van der Waals surface area contributed by atoms with E-state index in [1.165, 1.54) is 11.3 Å². The number of carbonyl (C=O) groups is 2. The van der Waals surface area contributed by atoms with Crippen molar-refractivity contribution in [2.75, 3.05) is 0 Å². The third kappa shape index (κ3) is 2.64. The molecular formula is C16H11ClN4O2S. The van der Waals surface area contributed by atoms with Crippen LogP contribution in [-0.4, -0.2) is 21.8 Å². The van der Waals surface area contributed by atoms with Crippen molar-refractivity contribution in [2.24, 2.45) is 0 Å². The van der Waals surface area contributed by atoms with Gasteiger partial charge in [-0.25, -0.2) is 0 Å². The van der Waals surface area contributed by atoms with Crippen LogP contribution in [0.1, 0.15) is 21.0 Å². The number of hydrazine groups is 1. The van der Waals surface area contributed by atoms with Crippen LogP contribution in [0.4, 0.5) is 0 Å². The highest BCUT2D eigenvalue weighted by atomic mass is 35.5. The Bertz CT molecular complexity index is 1050. The molecule has 0 aliphatic carbocycles. The molecule has 120 valence electrons. The molecule has 2 amide bonds. The Hall–Kier alpha value is -2.77. The number of rotatable bonds is 2. The first-order chi connectivity index (χ1) is 11.6. The van der Waals surface area contributed by atoms with Gasteiger partial charge in [-0.1, -0.05) is 11.6 Å². The van der Waals surface area contributed by atoms with Crippen molar-refractivity contribution in [1.29, 1.82) is 0 Å². The summed E-state index contributed by atoms with van der Waals surface area (Å²) < 4.78 is 0. The molecule has 3 aromatic heterocycles. The highest BCUT2D eigenvalue weighted by molar-refractivity contribution is 7.16. The summed E-state index contributed by atoms with van der Waals surface area (Å²) in [6.45, 7) is 0.